The molecule has 10 heteroatoms. The highest BCUT2D eigenvalue weighted by Gasteiger charge is 2.09. The smallest absolute Gasteiger partial charge is 0.387 e. The summed E-state index contributed by atoms with van der Waals surface area (Å²) >= 11 is 0. The van der Waals surface area contributed by atoms with Crippen molar-refractivity contribution in [3.63, 3.8) is 0 Å². The van der Waals surface area contributed by atoms with Gasteiger partial charge in [-0.05, 0) is 19.4 Å². The van der Waals surface area contributed by atoms with E-state index < -0.39 is 16.6 Å². The van der Waals surface area contributed by atoms with Crippen LogP contribution in [0.4, 0.5) is 8.78 Å². The van der Waals surface area contributed by atoms with Crippen LogP contribution in [-0.2, 0) is 16.6 Å². The van der Waals surface area contributed by atoms with Crippen LogP contribution in [0.25, 0.3) is 0 Å². The van der Waals surface area contributed by atoms with Gasteiger partial charge in [0, 0.05) is 32.2 Å². The zero-order chi connectivity index (χ0) is 18.7. The maximum atomic E-state index is 12.4. The first-order valence-electron chi connectivity index (χ1n) is 7.82. The van der Waals surface area contributed by atoms with E-state index in [2.05, 4.69) is 25.1 Å². The number of para-hydroxylation sites is 1. The van der Waals surface area contributed by atoms with Gasteiger partial charge in [-0.3, -0.25) is 4.99 Å². The summed E-state index contributed by atoms with van der Waals surface area (Å²) in [4.78, 5) is 4.02. The summed E-state index contributed by atoms with van der Waals surface area (Å²) in [5.74, 6) is 0.628. The Labute approximate surface area is 146 Å². The maximum Gasteiger partial charge on any atom is 0.387 e. The van der Waals surface area contributed by atoms with E-state index >= 15 is 0 Å². The lowest BCUT2D eigenvalue weighted by molar-refractivity contribution is -0.0504. The number of nitrogens with zero attached hydrogens (tertiary/aromatic N) is 1. The second-order valence-corrected chi connectivity index (χ2v) is 7.09. The average Bonchev–Trinajstić information content (AvgIpc) is 2.58. The highest BCUT2D eigenvalue weighted by Crippen LogP contribution is 2.19. The molecule has 0 fully saturated rings. The van der Waals surface area contributed by atoms with Crippen LogP contribution >= 0.6 is 0 Å². The summed E-state index contributed by atoms with van der Waals surface area (Å²) in [7, 11) is -1.61. The molecule has 25 heavy (non-hydrogen) atoms. The molecule has 0 spiro atoms. The SMILES string of the molecule is CCS(=O)(=O)NCCCNC(=NC)NCc1ccccc1OC(F)F. The summed E-state index contributed by atoms with van der Waals surface area (Å²) < 4.78 is 54.3. The van der Waals surface area contributed by atoms with Crippen molar-refractivity contribution in [2.45, 2.75) is 26.5 Å². The fourth-order valence-corrected chi connectivity index (χ4v) is 2.54. The molecular formula is C15H24F2N4O3S. The minimum Gasteiger partial charge on any atom is -0.434 e. The van der Waals surface area contributed by atoms with Gasteiger partial charge in [0.05, 0.1) is 5.75 Å². The molecule has 0 unspecified atom stereocenters. The van der Waals surface area contributed by atoms with Crippen molar-refractivity contribution in [2.75, 3.05) is 25.9 Å². The lowest BCUT2D eigenvalue weighted by atomic mass is 10.2. The van der Waals surface area contributed by atoms with Crippen LogP contribution in [-0.4, -0.2) is 46.9 Å². The number of nitrogens with one attached hydrogen (secondary N) is 3. The van der Waals surface area contributed by atoms with Crippen LogP contribution < -0.4 is 20.1 Å². The third kappa shape index (κ3) is 8.64. The maximum absolute atomic E-state index is 12.4. The topological polar surface area (TPSA) is 91.8 Å². The molecule has 0 aromatic heterocycles. The van der Waals surface area contributed by atoms with E-state index in [-0.39, 0.29) is 18.0 Å². The fraction of sp³-hybridized carbons (Fsp3) is 0.533. The van der Waals surface area contributed by atoms with E-state index in [4.69, 9.17) is 0 Å². The molecule has 0 bridgehead atoms. The summed E-state index contributed by atoms with van der Waals surface area (Å²) in [6, 6.07) is 6.49. The second kappa shape index (κ2) is 10.8. The van der Waals surface area contributed by atoms with E-state index in [9.17, 15) is 17.2 Å². The van der Waals surface area contributed by atoms with Gasteiger partial charge >= 0.3 is 6.61 Å². The van der Waals surface area contributed by atoms with Crippen LogP contribution in [0.1, 0.15) is 18.9 Å². The van der Waals surface area contributed by atoms with Gasteiger partial charge in [-0.25, -0.2) is 13.1 Å². The van der Waals surface area contributed by atoms with Crippen LogP contribution in [0.15, 0.2) is 29.3 Å². The van der Waals surface area contributed by atoms with Crippen LogP contribution in [0.5, 0.6) is 5.75 Å². The predicted molar refractivity (Wildman–Crippen MR) is 93.4 cm³/mol. The van der Waals surface area contributed by atoms with Gasteiger partial charge in [0.2, 0.25) is 10.0 Å². The number of hydrogen-bond acceptors (Lipinski definition) is 4. The highest BCUT2D eigenvalue weighted by molar-refractivity contribution is 7.89. The van der Waals surface area contributed by atoms with Crippen LogP contribution in [0, 0.1) is 0 Å². The first-order valence-corrected chi connectivity index (χ1v) is 9.47. The van der Waals surface area contributed by atoms with Crippen LogP contribution in [0.2, 0.25) is 0 Å². The van der Waals surface area contributed by atoms with E-state index in [1.54, 1.807) is 32.2 Å². The molecule has 3 N–H and O–H groups in total. The minimum absolute atomic E-state index is 0.0454. The first-order chi connectivity index (χ1) is 11.9. The summed E-state index contributed by atoms with van der Waals surface area (Å²) in [5.41, 5.74) is 0.571. The van der Waals surface area contributed by atoms with Gasteiger partial charge < -0.3 is 15.4 Å². The molecule has 0 aliphatic carbocycles. The number of aliphatic imine (C=N–C) groups is 1. The second-order valence-electron chi connectivity index (χ2n) is 4.99. The third-order valence-corrected chi connectivity index (χ3v) is 4.61. The number of hydrogen-bond donors (Lipinski definition) is 3. The molecule has 0 saturated heterocycles. The Hall–Kier alpha value is -1.94. The van der Waals surface area contributed by atoms with Crippen molar-refractivity contribution in [2.24, 2.45) is 4.99 Å². The Morgan fingerprint density at radius 3 is 2.60 bits per heavy atom. The number of ether oxygens (including phenoxy) is 1. The lowest BCUT2D eigenvalue weighted by Gasteiger charge is -2.14. The van der Waals surface area contributed by atoms with Crippen molar-refractivity contribution in [3.8, 4) is 5.75 Å². The number of rotatable bonds is 10. The fourth-order valence-electron chi connectivity index (χ4n) is 1.89. The van der Waals surface area contributed by atoms with Gasteiger partial charge in [-0.1, -0.05) is 18.2 Å². The number of alkyl halides is 2. The molecule has 1 aromatic carbocycles. The molecule has 142 valence electrons. The van der Waals surface area contributed by atoms with E-state index in [1.165, 1.54) is 6.07 Å². The Kier molecular flexibility index (Phi) is 9.14. The summed E-state index contributed by atoms with van der Waals surface area (Å²) in [6.45, 7) is -0.232. The predicted octanol–water partition coefficient (Wildman–Crippen LogP) is 1.28. The van der Waals surface area contributed by atoms with Crippen molar-refractivity contribution in [1.82, 2.24) is 15.4 Å². The monoisotopic (exact) mass is 378 g/mol. The summed E-state index contributed by atoms with van der Waals surface area (Å²) in [6.07, 6.45) is 0.574. The molecule has 1 aromatic rings. The molecule has 0 atom stereocenters. The molecular weight excluding hydrogens is 354 g/mol. The Morgan fingerprint density at radius 1 is 1.24 bits per heavy atom. The van der Waals surface area contributed by atoms with Crippen molar-refractivity contribution >= 4 is 16.0 Å². The zero-order valence-electron chi connectivity index (χ0n) is 14.3. The molecule has 0 radical (unpaired) electrons. The molecule has 0 aliphatic heterocycles. The normalized spacial score (nSPS) is 12.3. The van der Waals surface area contributed by atoms with Crippen molar-refractivity contribution in [1.29, 1.82) is 0 Å². The molecule has 0 aliphatic rings. The minimum atomic E-state index is -3.19. The number of benzene rings is 1. The van der Waals surface area contributed by atoms with Gasteiger partial charge in [-0.2, -0.15) is 8.78 Å². The number of guanidine groups is 1. The van der Waals surface area contributed by atoms with Gasteiger partial charge in [0.25, 0.3) is 0 Å². The zero-order valence-corrected chi connectivity index (χ0v) is 15.1. The number of halogens is 2. The standard InChI is InChI=1S/C15H24F2N4O3S/c1-3-25(22,23)21-10-6-9-19-15(18-2)20-11-12-7-4-5-8-13(12)24-14(16)17/h4-5,7-8,14,21H,3,6,9-11H2,1-2H3,(H2,18,19,20). The van der Waals surface area contributed by atoms with Gasteiger partial charge in [0.1, 0.15) is 5.75 Å². The molecule has 0 saturated carbocycles. The quantitative estimate of drug-likeness (QED) is 0.324. The van der Waals surface area contributed by atoms with Crippen molar-refractivity contribution in [3.05, 3.63) is 29.8 Å². The summed E-state index contributed by atoms with van der Waals surface area (Å²) in [5, 5.41) is 6.01. The van der Waals surface area contributed by atoms with Crippen LogP contribution in [0.3, 0.4) is 0 Å². The van der Waals surface area contributed by atoms with Crippen molar-refractivity contribution < 1.29 is 21.9 Å². The van der Waals surface area contributed by atoms with Gasteiger partial charge in [-0.15, -0.1) is 0 Å². The van der Waals surface area contributed by atoms with E-state index in [0.717, 1.165) is 0 Å². The molecule has 0 heterocycles. The Balaban J connectivity index is 2.40. The highest BCUT2D eigenvalue weighted by atomic mass is 32.2. The first kappa shape index (κ1) is 21.1. The lowest BCUT2D eigenvalue weighted by Crippen LogP contribution is -2.38. The number of sulfonamides is 1. The molecule has 1 rings (SSSR count). The Bertz CT molecular complexity index is 654. The van der Waals surface area contributed by atoms with Gasteiger partial charge in [0.15, 0.2) is 5.96 Å². The molecule has 0 amide bonds. The molecule has 7 nitrogen and oxygen atoms in total. The van der Waals surface area contributed by atoms with E-state index in [1.807, 2.05) is 0 Å². The van der Waals surface area contributed by atoms with E-state index in [0.29, 0.717) is 31.0 Å². The Morgan fingerprint density at radius 2 is 1.96 bits per heavy atom. The largest absolute Gasteiger partial charge is 0.434 e. The third-order valence-electron chi connectivity index (χ3n) is 3.21. The average molecular weight is 378 g/mol.